The number of pyridine rings is 1. The lowest BCUT2D eigenvalue weighted by Gasteiger charge is -2.41. The summed E-state index contributed by atoms with van der Waals surface area (Å²) in [6.07, 6.45) is 2.13. The van der Waals surface area contributed by atoms with Gasteiger partial charge in [0.1, 0.15) is 28.8 Å². The van der Waals surface area contributed by atoms with E-state index in [-0.39, 0.29) is 46.2 Å². The number of halogens is 2. The Balaban J connectivity index is 1.28. The second-order valence-corrected chi connectivity index (χ2v) is 16.5. The number of piperazine rings is 1. The van der Waals surface area contributed by atoms with Crippen molar-refractivity contribution in [1.82, 2.24) is 30.6 Å². The summed E-state index contributed by atoms with van der Waals surface area (Å²) >= 11 is 13.3. The van der Waals surface area contributed by atoms with Gasteiger partial charge in [0.05, 0.1) is 5.02 Å². The number of rotatable bonds is 14. The molecule has 1 aromatic heterocycles. The fourth-order valence-electron chi connectivity index (χ4n) is 7.39. The van der Waals surface area contributed by atoms with Crippen LogP contribution >= 0.6 is 23.2 Å². The van der Waals surface area contributed by atoms with Crippen molar-refractivity contribution in [2.75, 3.05) is 32.7 Å². The van der Waals surface area contributed by atoms with E-state index in [2.05, 4.69) is 30.6 Å². The SMILES string of the molecule is CCC[C@](N)(NC(=NCC)NCC)C(=O)C1CNCCN1C(=O)C1CCC(NS(=O)(=O)c2ccc(Cl)c(COc3cccc4c(C)cc(C)nc34)c2Cl)C1. The van der Waals surface area contributed by atoms with Crippen molar-refractivity contribution in [2.45, 2.75) is 96.0 Å². The van der Waals surface area contributed by atoms with E-state index in [1.807, 2.05) is 52.8 Å². The number of guanidine groups is 1. The number of aromatic nitrogens is 1. The lowest BCUT2D eigenvalue weighted by molar-refractivity contribution is -0.146. The first-order valence-electron chi connectivity index (χ1n) is 18.6. The number of nitrogens with two attached hydrogens (primary N) is 1. The molecule has 3 unspecified atom stereocenters. The first-order chi connectivity index (χ1) is 25.7. The van der Waals surface area contributed by atoms with E-state index in [0.717, 1.165) is 16.6 Å². The van der Waals surface area contributed by atoms with Crippen molar-refractivity contribution < 1.29 is 22.7 Å². The largest absolute Gasteiger partial charge is 0.487 e. The first kappa shape index (κ1) is 41.6. The predicted octanol–water partition coefficient (Wildman–Crippen LogP) is 4.58. The standard InChI is InChI=1S/C38H52Cl2N8O5S/c1-6-16-38(41,46-37(43-7-2)44-8-3)35(49)30-21-42-17-18-48(30)36(50)25-12-13-26(20-25)47-54(51,52)32-15-14-29(39)28(33(32)40)22-53-31-11-9-10-27-23(4)19-24(5)45-34(27)31/h9-11,14-15,19,25-26,30,42,47H,6-8,12-13,16-18,20-22,41H2,1-5H3,(H2,43,44,46)/t25?,26?,30?,38-/m0/s1. The van der Waals surface area contributed by atoms with E-state index < -0.39 is 33.7 Å². The summed E-state index contributed by atoms with van der Waals surface area (Å²) in [6, 6.07) is 9.15. The van der Waals surface area contributed by atoms with Gasteiger partial charge in [-0.15, -0.1) is 0 Å². The van der Waals surface area contributed by atoms with Crippen LogP contribution in [0, 0.1) is 19.8 Å². The molecule has 2 fully saturated rings. The van der Waals surface area contributed by atoms with Gasteiger partial charge < -0.3 is 31.3 Å². The predicted molar refractivity (Wildman–Crippen MR) is 213 cm³/mol. The second-order valence-electron chi connectivity index (χ2n) is 14.0. The number of benzene rings is 2. The molecule has 2 aromatic carbocycles. The number of amides is 1. The normalized spacial score (nSPS) is 20.5. The Bertz CT molecular complexity index is 2000. The van der Waals surface area contributed by atoms with E-state index in [1.54, 1.807) is 11.0 Å². The lowest BCUT2D eigenvalue weighted by atomic mass is 9.91. The molecule has 5 rings (SSSR count). The molecule has 0 radical (unpaired) electrons. The first-order valence-corrected chi connectivity index (χ1v) is 20.9. The molecule has 1 saturated carbocycles. The third kappa shape index (κ3) is 9.28. The maximum Gasteiger partial charge on any atom is 0.242 e. The van der Waals surface area contributed by atoms with Gasteiger partial charge in [0, 0.05) is 66.3 Å². The van der Waals surface area contributed by atoms with Gasteiger partial charge in [0.15, 0.2) is 17.4 Å². The molecule has 2 heterocycles. The Kier molecular flexibility index (Phi) is 13.8. The number of ketones is 1. The molecular weight excluding hydrogens is 751 g/mol. The van der Waals surface area contributed by atoms with Gasteiger partial charge in [-0.05, 0) is 83.2 Å². The van der Waals surface area contributed by atoms with Gasteiger partial charge in [-0.3, -0.25) is 14.6 Å². The summed E-state index contributed by atoms with van der Waals surface area (Å²) in [5, 5.41) is 10.7. The molecule has 1 aliphatic carbocycles. The Morgan fingerprint density at radius 3 is 2.65 bits per heavy atom. The Hall–Kier alpha value is -3.53. The molecule has 6 N–H and O–H groups in total. The van der Waals surface area contributed by atoms with E-state index in [9.17, 15) is 18.0 Å². The zero-order chi connectivity index (χ0) is 39.2. The quantitative estimate of drug-likeness (QED) is 0.0880. The second kappa shape index (κ2) is 17.9. The van der Waals surface area contributed by atoms with E-state index in [4.69, 9.17) is 33.7 Å². The molecule has 1 amide bonds. The number of fused-ring (bicyclic) bond motifs is 1. The summed E-state index contributed by atoms with van der Waals surface area (Å²) in [5.41, 5.74) is 8.23. The van der Waals surface area contributed by atoms with Crippen LogP contribution in [0.25, 0.3) is 10.9 Å². The Morgan fingerprint density at radius 1 is 1.15 bits per heavy atom. The van der Waals surface area contributed by atoms with Gasteiger partial charge in [0.2, 0.25) is 15.9 Å². The molecule has 0 bridgehead atoms. The Morgan fingerprint density at radius 2 is 1.93 bits per heavy atom. The molecule has 294 valence electrons. The minimum Gasteiger partial charge on any atom is -0.487 e. The minimum absolute atomic E-state index is 0.0458. The smallest absolute Gasteiger partial charge is 0.242 e. The summed E-state index contributed by atoms with van der Waals surface area (Å²) in [5.74, 6) is -0.0229. The highest BCUT2D eigenvalue weighted by Gasteiger charge is 2.45. The monoisotopic (exact) mass is 802 g/mol. The number of hydrogen-bond donors (Lipinski definition) is 5. The minimum atomic E-state index is -4.13. The van der Waals surface area contributed by atoms with Crippen molar-refractivity contribution in [1.29, 1.82) is 0 Å². The lowest BCUT2D eigenvalue weighted by Crippen LogP contribution is -2.71. The van der Waals surface area contributed by atoms with Crippen LogP contribution in [0.1, 0.15) is 69.7 Å². The topological polar surface area (TPSA) is 180 Å². The van der Waals surface area contributed by atoms with Crippen LogP contribution in [0.2, 0.25) is 10.0 Å². The average molecular weight is 804 g/mol. The van der Waals surface area contributed by atoms with Gasteiger partial charge in [0.25, 0.3) is 0 Å². The Labute approximate surface area is 328 Å². The van der Waals surface area contributed by atoms with Gasteiger partial charge >= 0.3 is 0 Å². The van der Waals surface area contributed by atoms with Gasteiger partial charge in [-0.25, -0.2) is 18.1 Å². The van der Waals surface area contributed by atoms with Crippen LogP contribution in [0.4, 0.5) is 0 Å². The molecule has 4 atom stereocenters. The zero-order valence-corrected chi connectivity index (χ0v) is 33.9. The van der Waals surface area contributed by atoms with E-state index in [1.165, 1.54) is 12.1 Å². The summed E-state index contributed by atoms with van der Waals surface area (Å²) in [4.78, 5) is 38.8. The van der Waals surface area contributed by atoms with Crippen LogP contribution in [-0.4, -0.2) is 86.4 Å². The van der Waals surface area contributed by atoms with Crippen LogP contribution < -0.4 is 31.1 Å². The molecule has 1 aliphatic heterocycles. The number of ether oxygens (including phenoxy) is 1. The average Bonchev–Trinajstić information content (AvgIpc) is 3.59. The number of sulfonamides is 1. The molecule has 3 aromatic rings. The number of Topliss-reactive ketones (excluding diaryl/α,β-unsaturated/α-hetero) is 1. The number of para-hydroxylation sites is 1. The number of nitrogens with zero attached hydrogens (tertiary/aromatic N) is 3. The number of aliphatic imine (C=N–C) groups is 1. The van der Waals surface area contributed by atoms with Crippen LogP contribution in [-0.2, 0) is 26.2 Å². The molecule has 0 spiro atoms. The molecule has 1 saturated heterocycles. The van der Waals surface area contributed by atoms with Crippen molar-refractivity contribution in [3.8, 4) is 5.75 Å². The fourth-order valence-corrected chi connectivity index (χ4v) is 9.56. The van der Waals surface area contributed by atoms with E-state index >= 15 is 0 Å². The highest BCUT2D eigenvalue weighted by molar-refractivity contribution is 7.89. The highest BCUT2D eigenvalue weighted by atomic mass is 35.5. The highest BCUT2D eigenvalue weighted by Crippen LogP contribution is 2.35. The fraction of sp³-hybridized carbons (Fsp3) is 0.526. The summed E-state index contributed by atoms with van der Waals surface area (Å²) in [6.45, 7) is 11.8. The zero-order valence-electron chi connectivity index (χ0n) is 31.6. The number of nitrogens with one attached hydrogen (secondary N) is 4. The van der Waals surface area contributed by atoms with Crippen molar-refractivity contribution in [3.05, 3.63) is 63.3 Å². The maximum absolute atomic E-state index is 14.2. The van der Waals surface area contributed by atoms with Crippen LogP contribution in [0.3, 0.4) is 0 Å². The number of carbonyl (C=O) groups excluding carboxylic acids is 2. The molecule has 16 heteroatoms. The summed E-state index contributed by atoms with van der Waals surface area (Å²) in [7, 11) is -4.13. The maximum atomic E-state index is 14.2. The third-order valence-corrected chi connectivity index (χ3v) is 12.4. The number of carbonyl (C=O) groups is 2. The molecular formula is C38H52Cl2N8O5S. The van der Waals surface area contributed by atoms with Crippen molar-refractivity contribution >= 4 is 61.8 Å². The summed E-state index contributed by atoms with van der Waals surface area (Å²) < 4.78 is 36.5. The van der Waals surface area contributed by atoms with Crippen LogP contribution in [0.15, 0.2) is 46.3 Å². The molecule has 54 heavy (non-hydrogen) atoms. The van der Waals surface area contributed by atoms with E-state index in [0.29, 0.717) is 74.7 Å². The third-order valence-electron chi connectivity index (χ3n) is 9.97. The van der Waals surface area contributed by atoms with Gasteiger partial charge in [-0.2, -0.15) is 0 Å². The molecule has 13 nitrogen and oxygen atoms in total. The molecule has 2 aliphatic rings. The van der Waals surface area contributed by atoms with Crippen molar-refractivity contribution in [2.24, 2.45) is 16.6 Å². The number of aryl methyl sites for hydroxylation is 2. The van der Waals surface area contributed by atoms with Gasteiger partial charge in [-0.1, -0.05) is 48.7 Å². The van der Waals surface area contributed by atoms with Crippen molar-refractivity contribution in [3.63, 3.8) is 0 Å². The number of hydrogen-bond acceptors (Lipinski definition) is 9. The van der Waals surface area contributed by atoms with Crippen LogP contribution in [0.5, 0.6) is 5.75 Å².